The number of allylic oxidation sites excluding steroid dienone is 4. The molecule has 0 saturated carbocycles. The third-order valence-corrected chi connectivity index (χ3v) is 1.95. The Morgan fingerprint density at radius 2 is 2.15 bits per heavy atom. The van der Waals surface area contributed by atoms with Gasteiger partial charge in [-0.25, -0.2) is 0 Å². The second-order valence-electron chi connectivity index (χ2n) is 3.10. The summed E-state index contributed by atoms with van der Waals surface area (Å²) in [6.45, 7) is 5.09. The van der Waals surface area contributed by atoms with E-state index in [0.717, 1.165) is 25.0 Å². The summed E-state index contributed by atoms with van der Waals surface area (Å²) in [5.74, 6) is 0. The second-order valence-corrected chi connectivity index (χ2v) is 3.10. The van der Waals surface area contributed by atoms with Gasteiger partial charge in [-0.1, -0.05) is 17.7 Å². The summed E-state index contributed by atoms with van der Waals surface area (Å²) < 4.78 is 0. The molecular weight excluding hydrogens is 160 g/mol. The highest BCUT2D eigenvalue weighted by molar-refractivity contribution is 5.76. The number of hydrogen-bond acceptors (Lipinski definition) is 2. The highest BCUT2D eigenvalue weighted by Crippen LogP contribution is 2.06. The SMILES string of the molecule is C/C=C(C)\C=C(/C=N)CCCNC. The Labute approximate surface area is 81.2 Å². The first-order valence-electron chi connectivity index (χ1n) is 4.73. The maximum Gasteiger partial charge on any atom is 0.0209 e. The van der Waals surface area contributed by atoms with E-state index < -0.39 is 0 Å². The molecule has 0 bridgehead atoms. The van der Waals surface area contributed by atoms with Crippen molar-refractivity contribution in [3.05, 3.63) is 23.3 Å². The maximum atomic E-state index is 7.22. The summed E-state index contributed by atoms with van der Waals surface area (Å²) in [4.78, 5) is 0. The van der Waals surface area contributed by atoms with Gasteiger partial charge in [-0.3, -0.25) is 0 Å². The van der Waals surface area contributed by atoms with E-state index in [1.54, 1.807) is 0 Å². The highest BCUT2D eigenvalue weighted by Gasteiger charge is 1.93. The van der Waals surface area contributed by atoms with Crippen molar-refractivity contribution in [1.82, 2.24) is 5.32 Å². The average Bonchev–Trinajstić information content (AvgIpc) is 2.16. The van der Waals surface area contributed by atoms with Crippen LogP contribution < -0.4 is 5.32 Å². The van der Waals surface area contributed by atoms with Crippen LogP contribution in [0.3, 0.4) is 0 Å². The molecule has 13 heavy (non-hydrogen) atoms. The Hall–Kier alpha value is -0.890. The van der Waals surface area contributed by atoms with Gasteiger partial charge in [0.2, 0.25) is 0 Å². The second kappa shape index (κ2) is 7.74. The van der Waals surface area contributed by atoms with Crippen molar-refractivity contribution in [2.45, 2.75) is 26.7 Å². The van der Waals surface area contributed by atoms with Crippen LogP contribution in [-0.2, 0) is 0 Å². The number of rotatable bonds is 6. The van der Waals surface area contributed by atoms with Crippen LogP contribution in [-0.4, -0.2) is 19.8 Å². The van der Waals surface area contributed by atoms with E-state index >= 15 is 0 Å². The molecule has 0 aromatic carbocycles. The molecule has 74 valence electrons. The predicted molar refractivity (Wildman–Crippen MR) is 59.5 cm³/mol. The van der Waals surface area contributed by atoms with E-state index in [2.05, 4.69) is 24.4 Å². The molecule has 0 saturated heterocycles. The third-order valence-electron chi connectivity index (χ3n) is 1.95. The van der Waals surface area contributed by atoms with Crippen LogP contribution in [0, 0.1) is 5.41 Å². The van der Waals surface area contributed by atoms with Crippen LogP contribution in [0.2, 0.25) is 0 Å². The minimum Gasteiger partial charge on any atom is -0.320 e. The molecule has 0 heterocycles. The summed E-state index contributed by atoms with van der Waals surface area (Å²) in [6, 6.07) is 0. The van der Waals surface area contributed by atoms with Crippen LogP contribution in [0.15, 0.2) is 23.3 Å². The lowest BCUT2D eigenvalue weighted by Crippen LogP contribution is -2.07. The molecule has 0 aliphatic carbocycles. The van der Waals surface area contributed by atoms with Gasteiger partial charge in [0.15, 0.2) is 0 Å². The summed E-state index contributed by atoms with van der Waals surface area (Å²) in [7, 11) is 1.95. The average molecular weight is 180 g/mol. The van der Waals surface area contributed by atoms with Crippen molar-refractivity contribution in [2.24, 2.45) is 0 Å². The minimum atomic E-state index is 0.982. The molecule has 0 fully saturated rings. The molecular formula is C11H20N2. The van der Waals surface area contributed by atoms with Gasteiger partial charge < -0.3 is 10.7 Å². The Balaban J connectivity index is 4.02. The molecule has 2 heteroatoms. The standard InChI is InChI=1S/C11H20N2/c1-4-10(2)8-11(9-12)6-5-7-13-3/h4,8-9,12-13H,5-7H2,1-3H3/b10-4-,11-8-,12-9?. The zero-order valence-electron chi connectivity index (χ0n) is 8.85. The third kappa shape index (κ3) is 6.29. The molecule has 2 N–H and O–H groups in total. The summed E-state index contributed by atoms with van der Waals surface area (Å²) >= 11 is 0. The smallest absolute Gasteiger partial charge is 0.0209 e. The van der Waals surface area contributed by atoms with Gasteiger partial charge in [0.1, 0.15) is 0 Å². The number of nitrogens with one attached hydrogen (secondary N) is 2. The molecule has 0 rings (SSSR count). The van der Waals surface area contributed by atoms with E-state index in [9.17, 15) is 0 Å². The lowest BCUT2D eigenvalue weighted by Gasteiger charge is -2.01. The van der Waals surface area contributed by atoms with Crippen LogP contribution >= 0.6 is 0 Å². The van der Waals surface area contributed by atoms with Gasteiger partial charge in [-0.05, 0) is 45.9 Å². The van der Waals surface area contributed by atoms with Gasteiger partial charge in [0, 0.05) is 6.21 Å². The Bertz CT molecular complexity index is 202. The minimum absolute atomic E-state index is 0.982. The largest absolute Gasteiger partial charge is 0.320 e. The molecule has 0 aliphatic heterocycles. The summed E-state index contributed by atoms with van der Waals surface area (Å²) in [6.07, 6.45) is 7.65. The van der Waals surface area contributed by atoms with E-state index in [1.807, 2.05) is 14.0 Å². The van der Waals surface area contributed by atoms with Gasteiger partial charge in [-0.2, -0.15) is 0 Å². The molecule has 0 spiro atoms. The Kier molecular flexibility index (Phi) is 7.21. The Morgan fingerprint density at radius 3 is 2.62 bits per heavy atom. The molecule has 0 amide bonds. The van der Waals surface area contributed by atoms with E-state index in [4.69, 9.17) is 5.41 Å². The van der Waals surface area contributed by atoms with Gasteiger partial charge in [0.25, 0.3) is 0 Å². The van der Waals surface area contributed by atoms with Crippen molar-refractivity contribution >= 4 is 6.21 Å². The zero-order chi connectivity index (χ0) is 10.1. The Morgan fingerprint density at radius 1 is 1.46 bits per heavy atom. The van der Waals surface area contributed by atoms with Crippen molar-refractivity contribution < 1.29 is 0 Å². The first kappa shape index (κ1) is 12.1. The lowest BCUT2D eigenvalue weighted by atomic mass is 10.1. The molecule has 0 aromatic rings. The molecule has 0 aliphatic rings. The van der Waals surface area contributed by atoms with Crippen molar-refractivity contribution in [1.29, 1.82) is 5.41 Å². The van der Waals surface area contributed by atoms with E-state index in [-0.39, 0.29) is 0 Å². The van der Waals surface area contributed by atoms with E-state index in [1.165, 1.54) is 11.8 Å². The van der Waals surface area contributed by atoms with Crippen molar-refractivity contribution in [3.63, 3.8) is 0 Å². The molecule has 0 aromatic heterocycles. The van der Waals surface area contributed by atoms with Crippen LogP contribution in [0.4, 0.5) is 0 Å². The summed E-state index contributed by atoms with van der Waals surface area (Å²) in [5, 5.41) is 10.3. The molecule has 0 unspecified atom stereocenters. The first-order valence-corrected chi connectivity index (χ1v) is 4.73. The van der Waals surface area contributed by atoms with Crippen molar-refractivity contribution in [3.8, 4) is 0 Å². The number of hydrogen-bond donors (Lipinski definition) is 2. The van der Waals surface area contributed by atoms with Crippen LogP contribution in [0.1, 0.15) is 26.7 Å². The van der Waals surface area contributed by atoms with Crippen LogP contribution in [0.25, 0.3) is 0 Å². The zero-order valence-corrected chi connectivity index (χ0v) is 8.85. The maximum absolute atomic E-state index is 7.22. The van der Waals surface area contributed by atoms with Crippen molar-refractivity contribution in [2.75, 3.05) is 13.6 Å². The topological polar surface area (TPSA) is 35.9 Å². The molecule has 0 radical (unpaired) electrons. The fraction of sp³-hybridized carbons (Fsp3) is 0.545. The first-order chi connectivity index (χ1) is 6.24. The van der Waals surface area contributed by atoms with Gasteiger partial charge in [-0.15, -0.1) is 0 Å². The van der Waals surface area contributed by atoms with E-state index in [0.29, 0.717) is 0 Å². The monoisotopic (exact) mass is 180 g/mol. The fourth-order valence-electron chi connectivity index (χ4n) is 1.03. The van der Waals surface area contributed by atoms with Gasteiger partial charge >= 0.3 is 0 Å². The predicted octanol–water partition coefficient (Wildman–Crippen LogP) is 2.53. The summed E-state index contributed by atoms with van der Waals surface area (Å²) in [5.41, 5.74) is 2.33. The molecule has 0 atom stereocenters. The normalized spacial score (nSPS) is 13.2. The quantitative estimate of drug-likeness (QED) is 0.368. The molecule has 2 nitrogen and oxygen atoms in total. The van der Waals surface area contributed by atoms with Gasteiger partial charge in [0.05, 0.1) is 0 Å². The fourth-order valence-corrected chi connectivity index (χ4v) is 1.03. The lowest BCUT2D eigenvalue weighted by molar-refractivity contribution is 0.729. The van der Waals surface area contributed by atoms with Crippen LogP contribution in [0.5, 0.6) is 0 Å². The highest BCUT2D eigenvalue weighted by atomic mass is 14.8.